The maximum atomic E-state index is 13.3. The first-order valence-electron chi connectivity index (χ1n) is 13.9. The van der Waals surface area contributed by atoms with Crippen LogP contribution in [0.1, 0.15) is 58.3 Å². The van der Waals surface area contributed by atoms with Gasteiger partial charge in [-0.3, -0.25) is 4.79 Å². The summed E-state index contributed by atoms with van der Waals surface area (Å²) in [5.74, 6) is -0.0427. The monoisotopic (exact) mass is 497 g/mol. The summed E-state index contributed by atoms with van der Waals surface area (Å²) in [5.41, 5.74) is 13.0. The van der Waals surface area contributed by atoms with Gasteiger partial charge in [-0.05, 0) is 99.6 Å². The first-order chi connectivity index (χ1) is 18.1. The van der Waals surface area contributed by atoms with Gasteiger partial charge in [0, 0.05) is 48.8 Å². The Bertz CT molecular complexity index is 1180. The van der Waals surface area contributed by atoms with E-state index in [1.54, 1.807) is 6.08 Å². The van der Waals surface area contributed by atoms with Crippen LogP contribution in [0.2, 0.25) is 0 Å². The van der Waals surface area contributed by atoms with E-state index in [9.17, 15) is 4.79 Å². The maximum absolute atomic E-state index is 13.3. The molecule has 6 heteroatoms. The minimum Gasteiger partial charge on any atom is -0.397 e. The molecule has 37 heavy (non-hydrogen) atoms. The summed E-state index contributed by atoms with van der Waals surface area (Å²) < 4.78 is 0. The van der Waals surface area contributed by atoms with Crippen molar-refractivity contribution in [3.8, 4) is 0 Å². The zero-order valence-corrected chi connectivity index (χ0v) is 22.0. The molecule has 2 saturated heterocycles. The van der Waals surface area contributed by atoms with E-state index in [2.05, 4.69) is 58.4 Å². The van der Waals surface area contributed by atoms with Gasteiger partial charge >= 0.3 is 0 Å². The molecule has 2 aliphatic heterocycles. The van der Waals surface area contributed by atoms with Gasteiger partial charge in [-0.2, -0.15) is 0 Å². The lowest BCUT2D eigenvalue weighted by Gasteiger charge is -2.29. The number of hydrogen-bond acceptors (Lipinski definition) is 6. The minimum absolute atomic E-state index is 0.0427. The first kappa shape index (κ1) is 25.1. The van der Waals surface area contributed by atoms with Crippen molar-refractivity contribution >= 4 is 34.2 Å². The number of piperidine rings is 2. The number of benzene rings is 2. The van der Waals surface area contributed by atoms with Crippen LogP contribution in [0.4, 0.5) is 22.7 Å². The number of hydrogen-bond donors (Lipinski definition) is 2. The van der Waals surface area contributed by atoms with E-state index in [1.807, 2.05) is 12.1 Å². The van der Waals surface area contributed by atoms with Gasteiger partial charge < -0.3 is 20.9 Å². The highest BCUT2D eigenvalue weighted by molar-refractivity contribution is 6.25. The van der Waals surface area contributed by atoms with E-state index >= 15 is 0 Å². The number of nitrogens with one attached hydrogen (secondary N) is 1. The van der Waals surface area contributed by atoms with E-state index < -0.39 is 0 Å². The van der Waals surface area contributed by atoms with E-state index in [-0.39, 0.29) is 5.78 Å². The predicted octanol–water partition coefficient (Wildman–Crippen LogP) is 6.33. The van der Waals surface area contributed by atoms with Crippen LogP contribution in [0.5, 0.6) is 0 Å². The SMILES string of the molecule is CCCC1=C(N)/C(=N\c2ccc(N3CCCCC3)cc2)C=C(Nc2ccc(N3CCCCC3)cc2)C1=O. The molecule has 6 nitrogen and oxygen atoms in total. The fourth-order valence-electron chi connectivity index (χ4n) is 5.50. The molecule has 3 aliphatic rings. The third-order valence-corrected chi connectivity index (χ3v) is 7.59. The molecule has 0 unspecified atom stereocenters. The second-order valence-corrected chi connectivity index (χ2v) is 10.3. The maximum Gasteiger partial charge on any atom is 0.207 e. The van der Waals surface area contributed by atoms with Gasteiger partial charge in [0.1, 0.15) is 0 Å². The largest absolute Gasteiger partial charge is 0.397 e. The average molecular weight is 498 g/mol. The van der Waals surface area contributed by atoms with Gasteiger partial charge in [0.15, 0.2) is 0 Å². The lowest BCUT2D eigenvalue weighted by molar-refractivity contribution is -0.112. The standard InChI is InChI=1S/C31H39N5O/c1-2-9-27-30(32)28(33-23-10-14-25(15-11-23)35-18-5-3-6-19-35)22-29(31(27)37)34-24-12-16-26(17-13-24)36-20-7-4-8-21-36/h10-17,22,34H,2-9,18-21,32H2,1H3/b33-28-. The van der Waals surface area contributed by atoms with Crippen LogP contribution in [-0.4, -0.2) is 37.7 Å². The molecule has 2 fully saturated rings. The van der Waals surface area contributed by atoms with Crippen LogP contribution in [0.15, 0.2) is 76.6 Å². The normalized spacial score (nSPS) is 19.9. The highest BCUT2D eigenvalue weighted by Gasteiger charge is 2.25. The lowest BCUT2D eigenvalue weighted by atomic mass is 9.93. The third kappa shape index (κ3) is 5.90. The van der Waals surface area contributed by atoms with E-state index in [0.29, 0.717) is 29.1 Å². The zero-order valence-electron chi connectivity index (χ0n) is 22.0. The Labute approximate surface area is 220 Å². The van der Waals surface area contributed by atoms with Gasteiger partial charge in [0.25, 0.3) is 0 Å². The van der Waals surface area contributed by atoms with Gasteiger partial charge in [-0.1, -0.05) is 13.3 Å². The van der Waals surface area contributed by atoms with Crippen molar-refractivity contribution in [3.63, 3.8) is 0 Å². The van der Waals surface area contributed by atoms with Crippen molar-refractivity contribution in [3.05, 3.63) is 71.6 Å². The molecule has 0 aromatic heterocycles. The second kappa shape index (κ2) is 11.7. The number of allylic oxidation sites excluding steroid dienone is 2. The lowest BCUT2D eigenvalue weighted by Crippen LogP contribution is -2.29. The third-order valence-electron chi connectivity index (χ3n) is 7.59. The number of Topliss-reactive ketones (excluding diaryl/α,β-unsaturated/α-hetero) is 1. The Morgan fingerprint density at radius 3 is 1.89 bits per heavy atom. The van der Waals surface area contributed by atoms with Crippen LogP contribution in [0.25, 0.3) is 0 Å². The topological polar surface area (TPSA) is 74.0 Å². The number of aliphatic imine (C=N–C) groups is 1. The van der Waals surface area contributed by atoms with Crippen LogP contribution in [0, 0.1) is 0 Å². The summed E-state index contributed by atoms with van der Waals surface area (Å²) >= 11 is 0. The number of nitrogens with two attached hydrogens (primary N) is 1. The fourth-order valence-corrected chi connectivity index (χ4v) is 5.50. The summed E-state index contributed by atoms with van der Waals surface area (Å²) in [6, 6.07) is 16.7. The predicted molar refractivity (Wildman–Crippen MR) is 155 cm³/mol. The number of carbonyl (C=O) groups is 1. The van der Waals surface area contributed by atoms with Crippen molar-refractivity contribution in [1.82, 2.24) is 0 Å². The summed E-state index contributed by atoms with van der Waals surface area (Å²) in [5, 5.41) is 3.35. The Morgan fingerprint density at radius 1 is 0.811 bits per heavy atom. The highest BCUT2D eigenvalue weighted by Crippen LogP contribution is 2.28. The van der Waals surface area contributed by atoms with Gasteiger partial charge in [-0.15, -0.1) is 0 Å². The number of nitrogens with zero attached hydrogens (tertiary/aromatic N) is 3. The summed E-state index contributed by atoms with van der Waals surface area (Å²) in [6.07, 6.45) is 10.9. The van der Waals surface area contributed by atoms with Gasteiger partial charge in [0.05, 0.1) is 22.8 Å². The molecule has 3 N–H and O–H groups in total. The van der Waals surface area contributed by atoms with E-state index in [4.69, 9.17) is 10.7 Å². The Balaban J connectivity index is 1.37. The molecule has 0 radical (unpaired) electrons. The fraction of sp³-hybridized carbons (Fsp3) is 0.419. The molecule has 5 rings (SSSR count). The smallest absolute Gasteiger partial charge is 0.207 e. The van der Waals surface area contributed by atoms with Crippen molar-refractivity contribution in [2.45, 2.75) is 58.3 Å². The molecule has 1 aliphatic carbocycles. The van der Waals surface area contributed by atoms with E-state index in [0.717, 1.165) is 44.0 Å². The van der Waals surface area contributed by atoms with Crippen LogP contribution < -0.4 is 20.9 Å². The number of ketones is 1. The quantitative estimate of drug-likeness (QED) is 0.437. The Hall–Kier alpha value is -3.54. The number of anilines is 3. The zero-order chi connectivity index (χ0) is 25.6. The molecule has 194 valence electrons. The van der Waals surface area contributed by atoms with Crippen molar-refractivity contribution in [1.29, 1.82) is 0 Å². The number of carbonyl (C=O) groups excluding carboxylic acids is 1. The molecule has 2 aromatic rings. The molecule has 0 atom stereocenters. The van der Waals surface area contributed by atoms with Crippen LogP contribution in [0.3, 0.4) is 0 Å². The molecular weight excluding hydrogens is 458 g/mol. The highest BCUT2D eigenvalue weighted by atomic mass is 16.1. The molecule has 2 heterocycles. The molecular formula is C31H39N5O. The van der Waals surface area contributed by atoms with Crippen molar-refractivity contribution < 1.29 is 4.79 Å². The first-order valence-corrected chi connectivity index (χ1v) is 13.9. The molecule has 0 amide bonds. The Morgan fingerprint density at radius 2 is 1.35 bits per heavy atom. The minimum atomic E-state index is -0.0427. The average Bonchev–Trinajstić information content (AvgIpc) is 2.95. The van der Waals surface area contributed by atoms with E-state index in [1.165, 1.54) is 49.9 Å². The number of rotatable bonds is 7. The second-order valence-electron chi connectivity index (χ2n) is 10.3. The molecule has 0 saturated carbocycles. The molecule has 2 aromatic carbocycles. The summed E-state index contributed by atoms with van der Waals surface area (Å²) in [4.78, 5) is 23.1. The van der Waals surface area contributed by atoms with Crippen LogP contribution in [-0.2, 0) is 4.79 Å². The van der Waals surface area contributed by atoms with Gasteiger partial charge in [-0.25, -0.2) is 4.99 Å². The summed E-state index contributed by atoms with van der Waals surface area (Å²) in [6.45, 7) is 6.51. The molecule has 0 bridgehead atoms. The van der Waals surface area contributed by atoms with Crippen molar-refractivity contribution in [2.24, 2.45) is 10.7 Å². The van der Waals surface area contributed by atoms with Crippen molar-refractivity contribution in [2.75, 3.05) is 41.3 Å². The molecule has 0 spiro atoms. The Kier molecular flexibility index (Phi) is 7.93. The van der Waals surface area contributed by atoms with Gasteiger partial charge in [0.2, 0.25) is 5.78 Å². The summed E-state index contributed by atoms with van der Waals surface area (Å²) in [7, 11) is 0. The van der Waals surface area contributed by atoms with Crippen LogP contribution >= 0.6 is 0 Å².